The summed E-state index contributed by atoms with van der Waals surface area (Å²) in [7, 11) is 0. The normalized spacial score (nSPS) is 11.7. The third-order valence-corrected chi connectivity index (χ3v) is 2.10. The molecule has 0 aliphatic rings. The summed E-state index contributed by atoms with van der Waals surface area (Å²) in [4.78, 5) is 0. The molecular weight excluding hydrogens is 170 g/mol. The molecule has 0 rings (SSSR count). The minimum atomic E-state index is 1.01. The lowest BCUT2D eigenvalue weighted by Crippen LogP contribution is -2.14. The van der Waals surface area contributed by atoms with Gasteiger partial charge in [0.25, 0.3) is 0 Å². The van der Waals surface area contributed by atoms with E-state index in [1.54, 1.807) is 0 Å². The van der Waals surface area contributed by atoms with Gasteiger partial charge >= 0.3 is 0 Å². The van der Waals surface area contributed by atoms with E-state index in [1.165, 1.54) is 12.8 Å². The van der Waals surface area contributed by atoms with E-state index in [0.717, 1.165) is 25.9 Å². The summed E-state index contributed by atoms with van der Waals surface area (Å²) in [6.07, 6.45) is 9.00. The van der Waals surface area contributed by atoms with Gasteiger partial charge in [0.2, 0.25) is 0 Å². The highest BCUT2D eigenvalue weighted by Gasteiger charge is 1.97. The first-order valence-electron chi connectivity index (χ1n) is 4.83. The molecule has 0 heterocycles. The van der Waals surface area contributed by atoms with Crippen LogP contribution in [-0.4, -0.2) is 17.5 Å². The van der Waals surface area contributed by atoms with E-state index in [9.17, 15) is 0 Å². The van der Waals surface area contributed by atoms with Gasteiger partial charge in [0.15, 0.2) is 0 Å². The summed E-state index contributed by atoms with van der Waals surface area (Å²) in [5.74, 6) is 0. The molecule has 2 heteroatoms. The van der Waals surface area contributed by atoms with Crippen LogP contribution in [0.15, 0.2) is 12.2 Å². The van der Waals surface area contributed by atoms with Crippen LogP contribution in [0.4, 0.5) is 0 Å². The Labute approximate surface area is 81.5 Å². The Morgan fingerprint density at radius 2 is 1.92 bits per heavy atom. The van der Waals surface area contributed by atoms with Gasteiger partial charge in [-0.1, -0.05) is 25.5 Å². The van der Waals surface area contributed by atoms with Gasteiger partial charge < -0.3 is 0 Å². The van der Waals surface area contributed by atoms with E-state index in [-0.39, 0.29) is 0 Å². The van der Waals surface area contributed by atoms with Crippen LogP contribution < -0.4 is 0 Å². The smallest absolute Gasteiger partial charge is 0.0141 e. The predicted octanol–water partition coefficient (Wildman–Crippen LogP) is 3.60. The van der Waals surface area contributed by atoms with E-state index >= 15 is 0 Å². The number of unbranched alkanes of at least 4 members (excludes halogenated alkanes) is 2. The molecule has 12 heavy (non-hydrogen) atoms. The molecule has 0 fully saturated rings. The van der Waals surface area contributed by atoms with Crippen molar-refractivity contribution < 1.29 is 0 Å². The number of hydrogen-bond donors (Lipinski definition) is 0. The molecule has 1 nitrogen and oxygen atoms in total. The second-order valence-electron chi connectivity index (χ2n) is 2.97. The summed E-state index contributed by atoms with van der Waals surface area (Å²) in [5, 5.41) is 0. The van der Waals surface area contributed by atoms with Crippen molar-refractivity contribution in [1.82, 2.24) is 4.42 Å². The number of rotatable bonds is 7. The molecule has 0 spiro atoms. The minimum Gasteiger partial charge on any atom is -0.220 e. The third-order valence-electron chi connectivity index (χ3n) is 1.76. The van der Waals surface area contributed by atoms with Crippen LogP contribution in [0, 0.1) is 0 Å². The Morgan fingerprint density at radius 3 is 2.50 bits per heavy atom. The van der Waals surface area contributed by atoms with Crippen LogP contribution in [0.5, 0.6) is 0 Å². The molecule has 0 saturated carbocycles. The number of allylic oxidation sites excluding steroid dienone is 2. The lowest BCUT2D eigenvalue weighted by atomic mass is 10.3. The van der Waals surface area contributed by atoms with E-state index in [0.29, 0.717) is 0 Å². The maximum Gasteiger partial charge on any atom is 0.0141 e. The van der Waals surface area contributed by atoms with Gasteiger partial charge in [0.1, 0.15) is 0 Å². The van der Waals surface area contributed by atoms with E-state index in [1.807, 2.05) is 4.42 Å². The van der Waals surface area contributed by atoms with Crippen LogP contribution in [0.2, 0.25) is 0 Å². The lowest BCUT2D eigenvalue weighted by Gasteiger charge is -2.11. The van der Waals surface area contributed by atoms with Gasteiger partial charge in [0.05, 0.1) is 0 Å². The van der Waals surface area contributed by atoms with Crippen molar-refractivity contribution in [3.05, 3.63) is 12.2 Å². The number of hydrogen-bond acceptors (Lipinski definition) is 1. The van der Waals surface area contributed by atoms with Crippen molar-refractivity contribution in [2.24, 2.45) is 0 Å². The molecule has 72 valence electrons. The van der Waals surface area contributed by atoms with Gasteiger partial charge in [-0.3, -0.25) is 0 Å². The Balaban J connectivity index is 3.13. The topological polar surface area (TPSA) is 3.24 Å². The SMILES string of the molecule is C/C=C\CCCN(Cl)CCCC. The van der Waals surface area contributed by atoms with Gasteiger partial charge in [-0.15, -0.1) is 0 Å². The van der Waals surface area contributed by atoms with E-state index < -0.39 is 0 Å². The fourth-order valence-corrected chi connectivity index (χ4v) is 1.23. The summed E-state index contributed by atoms with van der Waals surface area (Å²) in [5.41, 5.74) is 0. The molecule has 0 saturated heterocycles. The molecule has 0 bridgehead atoms. The van der Waals surface area contributed by atoms with Crippen molar-refractivity contribution in [3.63, 3.8) is 0 Å². The molecule has 0 aromatic heterocycles. The largest absolute Gasteiger partial charge is 0.220 e. The average molecular weight is 190 g/mol. The van der Waals surface area contributed by atoms with Gasteiger partial charge in [0, 0.05) is 13.1 Å². The molecule has 0 N–H and O–H groups in total. The second-order valence-corrected chi connectivity index (χ2v) is 3.45. The molecule has 0 unspecified atom stereocenters. The Bertz CT molecular complexity index is 112. The van der Waals surface area contributed by atoms with Crippen LogP contribution in [-0.2, 0) is 0 Å². The first kappa shape index (κ1) is 12.0. The predicted molar refractivity (Wildman–Crippen MR) is 56.4 cm³/mol. The average Bonchev–Trinajstić information content (AvgIpc) is 2.09. The zero-order valence-electron chi connectivity index (χ0n) is 8.22. The molecule has 0 aromatic rings. The highest BCUT2D eigenvalue weighted by molar-refractivity contribution is 6.13. The maximum atomic E-state index is 5.95. The summed E-state index contributed by atoms with van der Waals surface area (Å²) in [6, 6.07) is 0. The maximum absolute atomic E-state index is 5.95. The fourth-order valence-electron chi connectivity index (χ4n) is 0.989. The molecule has 0 atom stereocenters. The fraction of sp³-hybridized carbons (Fsp3) is 0.800. The zero-order chi connectivity index (χ0) is 9.23. The second kappa shape index (κ2) is 9.08. The summed E-state index contributed by atoms with van der Waals surface area (Å²) < 4.78 is 1.90. The lowest BCUT2D eigenvalue weighted by molar-refractivity contribution is 0.434. The number of halogens is 1. The van der Waals surface area contributed by atoms with Gasteiger partial charge in [-0.25, -0.2) is 4.42 Å². The molecule has 0 aromatic carbocycles. The van der Waals surface area contributed by atoms with Gasteiger partial charge in [-0.2, -0.15) is 0 Å². The summed E-state index contributed by atoms with van der Waals surface area (Å²) >= 11 is 5.95. The Morgan fingerprint density at radius 1 is 1.25 bits per heavy atom. The first-order valence-corrected chi connectivity index (χ1v) is 5.17. The highest BCUT2D eigenvalue weighted by atomic mass is 35.5. The van der Waals surface area contributed by atoms with E-state index in [4.69, 9.17) is 11.8 Å². The quantitative estimate of drug-likeness (QED) is 0.336. The molecule has 0 radical (unpaired) electrons. The van der Waals surface area contributed by atoms with Gasteiger partial charge in [-0.05, 0) is 38.0 Å². The molecule has 0 amide bonds. The first-order chi connectivity index (χ1) is 5.81. The zero-order valence-corrected chi connectivity index (χ0v) is 8.98. The summed E-state index contributed by atoms with van der Waals surface area (Å²) in [6.45, 7) is 6.26. The molecular formula is C10H20ClN. The van der Waals surface area contributed by atoms with Crippen LogP contribution in [0.3, 0.4) is 0 Å². The molecule has 0 aliphatic carbocycles. The standard InChI is InChI=1S/C10H20ClN/c1-3-5-7-8-10-12(11)9-6-4-2/h3,5H,4,6-10H2,1-2H3/b5-3-. The minimum absolute atomic E-state index is 1.01. The Kier molecular flexibility index (Phi) is 9.07. The monoisotopic (exact) mass is 189 g/mol. The van der Waals surface area contributed by atoms with Crippen molar-refractivity contribution in [1.29, 1.82) is 0 Å². The third kappa shape index (κ3) is 8.09. The van der Waals surface area contributed by atoms with Crippen LogP contribution in [0.25, 0.3) is 0 Å². The number of nitrogens with zero attached hydrogens (tertiary/aromatic N) is 1. The Hall–Kier alpha value is -0.0100. The van der Waals surface area contributed by atoms with Crippen molar-refractivity contribution in [3.8, 4) is 0 Å². The van der Waals surface area contributed by atoms with Crippen molar-refractivity contribution in [2.75, 3.05) is 13.1 Å². The van der Waals surface area contributed by atoms with Crippen molar-refractivity contribution >= 4 is 11.8 Å². The van der Waals surface area contributed by atoms with Crippen LogP contribution in [0.1, 0.15) is 39.5 Å². The van der Waals surface area contributed by atoms with E-state index in [2.05, 4.69) is 26.0 Å². The highest BCUT2D eigenvalue weighted by Crippen LogP contribution is 2.02. The van der Waals surface area contributed by atoms with Crippen LogP contribution >= 0.6 is 11.8 Å². The van der Waals surface area contributed by atoms with Crippen molar-refractivity contribution in [2.45, 2.75) is 39.5 Å². The molecule has 0 aliphatic heterocycles.